The van der Waals surface area contributed by atoms with E-state index in [9.17, 15) is 0 Å². The number of hydrogen-bond donors (Lipinski definition) is 0. The molecule has 0 amide bonds. The number of rotatable bonds is 6. The van der Waals surface area contributed by atoms with Gasteiger partial charge in [0.05, 0.1) is 16.3 Å². The highest BCUT2D eigenvalue weighted by Crippen LogP contribution is 2.31. The molecule has 6 nitrogen and oxygen atoms in total. The molecule has 0 spiro atoms. The molecule has 0 saturated heterocycles. The van der Waals surface area contributed by atoms with Crippen molar-refractivity contribution < 1.29 is 4.42 Å². The summed E-state index contributed by atoms with van der Waals surface area (Å²) in [6.45, 7) is 4.13. The molecular formula is C25H20ClN5OS. The molecule has 0 atom stereocenters. The molecule has 164 valence electrons. The predicted octanol–water partition coefficient (Wildman–Crippen LogP) is 6.55. The van der Waals surface area contributed by atoms with Crippen molar-refractivity contribution in [3.8, 4) is 28.5 Å². The van der Waals surface area contributed by atoms with Gasteiger partial charge >= 0.3 is 0 Å². The number of aromatic nitrogens is 5. The van der Waals surface area contributed by atoms with Gasteiger partial charge in [-0.05, 0) is 38.1 Å². The van der Waals surface area contributed by atoms with Gasteiger partial charge in [-0.3, -0.25) is 4.57 Å². The second-order valence-corrected chi connectivity index (χ2v) is 8.96. The first-order valence-corrected chi connectivity index (χ1v) is 11.7. The number of thioether (sulfide) groups is 1. The van der Waals surface area contributed by atoms with E-state index in [0.717, 1.165) is 22.2 Å². The number of halogens is 1. The summed E-state index contributed by atoms with van der Waals surface area (Å²) in [5.74, 6) is 2.13. The smallest absolute Gasteiger partial charge is 0.249 e. The summed E-state index contributed by atoms with van der Waals surface area (Å²) in [6.07, 6.45) is 0. The van der Waals surface area contributed by atoms with Gasteiger partial charge in [0.25, 0.3) is 0 Å². The lowest BCUT2D eigenvalue weighted by Gasteiger charge is -2.10. The molecule has 0 unspecified atom stereocenters. The van der Waals surface area contributed by atoms with E-state index < -0.39 is 0 Å². The Hall–Kier alpha value is -3.42. The van der Waals surface area contributed by atoms with E-state index in [1.54, 1.807) is 6.07 Å². The molecule has 5 rings (SSSR count). The van der Waals surface area contributed by atoms with E-state index in [2.05, 4.69) is 87.3 Å². The number of aryl methyl sites for hydroxylation is 2. The van der Waals surface area contributed by atoms with Gasteiger partial charge in [0, 0.05) is 11.3 Å². The Morgan fingerprint density at radius 1 is 0.818 bits per heavy atom. The largest absolute Gasteiger partial charge is 0.420 e. The Bertz CT molecular complexity index is 1390. The van der Waals surface area contributed by atoms with Crippen molar-refractivity contribution in [3.05, 3.63) is 94.8 Å². The monoisotopic (exact) mass is 473 g/mol. The van der Waals surface area contributed by atoms with Crippen LogP contribution in [0.3, 0.4) is 0 Å². The van der Waals surface area contributed by atoms with Crippen LogP contribution in [-0.2, 0) is 5.75 Å². The number of benzene rings is 3. The average molecular weight is 474 g/mol. The lowest BCUT2D eigenvalue weighted by Crippen LogP contribution is -2.00. The molecule has 5 aromatic rings. The van der Waals surface area contributed by atoms with Crippen molar-refractivity contribution in [2.24, 2.45) is 0 Å². The van der Waals surface area contributed by atoms with Gasteiger partial charge in [-0.2, -0.15) is 0 Å². The summed E-state index contributed by atoms with van der Waals surface area (Å²) in [4.78, 5) is 0. The van der Waals surface area contributed by atoms with Crippen molar-refractivity contribution in [2.75, 3.05) is 0 Å². The molecule has 2 heterocycles. The zero-order chi connectivity index (χ0) is 22.8. The summed E-state index contributed by atoms with van der Waals surface area (Å²) in [5, 5.41) is 18.6. The highest BCUT2D eigenvalue weighted by molar-refractivity contribution is 7.98. The maximum absolute atomic E-state index is 6.26. The van der Waals surface area contributed by atoms with Crippen molar-refractivity contribution in [1.29, 1.82) is 0 Å². The van der Waals surface area contributed by atoms with Gasteiger partial charge in [-0.15, -0.1) is 20.4 Å². The van der Waals surface area contributed by atoms with Crippen molar-refractivity contribution in [3.63, 3.8) is 0 Å². The Balaban J connectivity index is 1.45. The topological polar surface area (TPSA) is 69.6 Å². The fraction of sp³-hybridized carbons (Fsp3) is 0.120. The van der Waals surface area contributed by atoms with E-state index in [-0.39, 0.29) is 0 Å². The Morgan fingerprint density at radius 2 is 1.52 bits per heavy atom. The van der Waals surface area contributed by atoms with Crippen LogP contribution in [0.15, 0.2) is 82.4 Å². The first-order chi connectivity index (χ1) is 16.1. The van der Waals surface area contributed by atoms with Gasteiger partial charge in [-0.1, -0.05) is 83.0 Å². The molecule has 0 radical (unpaired) electrons. The Kier molecular flexibility index (Phi) is 5.98. The van der Waals surface area contributed by atoms with Crippen molar-refractivity contribution in [1.82, 2.24) is 25.0 Å². The number of hydrogen-bond acceptors (Lipinski definition) is 6. The predicted molar refractivity (Wildman–Crippen MR) is 131 cm³/mol. The fourth-order valence-corrected chi connectivity index (χ4v) is 4.37. The molecule has 0 N–H and O–H groups in total. The second-order valence-electron chi connectivity index (χ2n) is 7.61. The maximum atomic E-state index is 6.26. The highest BCUT2D eigenvalue weighted by atomic mass is 35.5. The van der Waals surface area contributed by atoms with Crippen LogP contribution in [-0.4, -0.2) is 25.0 Å². The molecule has 0 aliphatic heterocycles. The molecule has 33 heavy (non-hydrogen) atoms. The van der Waals surface area contributed by atoms with Gasteiger partial charge in [0.1, 0.15) is 0 Å². The van der Waals surface area contributed by atoms with E-state index in [4.69, 9.17) is 16.0 Å². The minimum atomic E-state index is 0.400. The standard InChI is InChI=1S/C25H20ClN5OS/c1-16-7-11-18(12-8-16)23-28-30-25(31(23)19-13-9-17(2)10-14-19)33-15-22-27-29-24(32-22)20-5-3-4-6-21(20)26/h3-14H,15H2,1-2H3. The third kappa shape index (κ3) is 4.55. The van der Waals surface area contributed by atoms with Crippen LogP contribution < -0.4 is 0 Å². The average Bonchev–Trinajstić information content (AvgIpc) is 3.46. The SMILES string of the molecule is Cc1ccc(-c2nnc(SCc3nnc(-c4ccccc4Cl)o3)n2-c2ccc(C)cc2)cc1. The zero-order valence-electron chi connectivity index (χ0n) is 18.1. The van der Waals surface area contributed by atoms with Crippen LogP contribution >= 0.6 is 23.4 Å². The van der Waals surface area contributed by atoms with Crippen LogP contribution in [0.1, 0.15) is 17.0 Å². The molecule has 0 aliphatic rings. The summed E-state index contributed by atoms with van der Waals surface area (Å²) >= 11 is 7.75. The molecule has 0 bridgehead atoms. The van der Waals surface area contributed by atoms with E-state index in [0.29, 0.717) is 28.1 Å². The minimum absolute atomic E-state index is 0.400. The Labute approximate surface area is 200 Å². The van der Waals surface area contributed by atoms with Crippen LogP contribution in [0.2, 0.25) is 5.02 Å². The fourth-order valence-electron chi connectivity index (χ4n) is 3.36. The van der Waals surface area contributed by atoms with E-state index in [1.165, 1.54) is 22.9 Å². The molecule has 0 saturated carbocycles. The summed E-state index contributed by atoms with van der Waals surface area (Å²) in [6, 6.07) is 24.0. The number of nitrogens with zero attached hydrogens (tertiary/aromatic N) is 5. The molecule has 8 heteroatoms. The van der Waals surface area contributed by atoms with Crippen LogP contribution in [0.4, 0.5) is 0 Å². The molecule has 2 aromatic heterocycles. The summed E-state index contributed by atoms with van der Waals surface area (Å²) < 4.78 is 7.91. The van der Waals surface area contributed by atoms with Crippen molar-refractivity contribution in [2.45, 2.75) is 24.8 Å². The van der Waals surface area contributed by atoms with Gasteiger partial charge in [-0.25, -0.2) is 0 Å². The van der Waals surface area contributed by atoms with E-state index >= 15 is 0 Å². The second kappa shape index (κ2) is 9.21. The minimum Gasteiger partial charge on any atom is -0.420 e. The molecular weight excluding hydrogens is 454 g/mol. The van der Waals surface area contributed by atoms with Crippen molar-refractivity contribution >= 4 is 23.4 Å². The third-order valence-electron chi connectivity index (χ3n) is 5.13. The van der Waals surface area contributed by atoms with Crippen LogP contribution in [0.5, 0.6) is 0 Å². The summed E-state index contributed by atoms with van der Waals surface area (Å²) in [7, 11) is 0. The van der Waals surface area contributed by atoms with Gasteiger partial charge in [0.2, 0.25) is 11.8 Å². The lowest BCUT2D eigenvalue weighted by molar-refractivity contribution is 0.528. The van der Waals surface area contributed by atoms with Crippen LogP contribution in [0, 0.1) is 13.8 Å². The first kappa shape index (κ1) is 21.4. The Morgan fingerprint density at radius 3 is 2.24 bits per heavy atom. The zero-order valence-corrected chi connectivity index (χ0v) is 19.6. The van der Waals surface area contributed by atoms with E-state index in [1.807, 2.05) is 18.2 Å². The molecule has 3 aromatic carbocycles. The quantitative estimate of drug-likeness (QED) is 0.260. The maximum Gasteiger partial charge on any atom is 0.249 e. The normalized spacial score (nSPS) is 11.1. The van der Waals surface area contributed by atoms with Gasteiger partial charge in [0.15, 0.2) is 11.0 Å². The van der Waals surface area contributed by atoms with Crippen LogP contribution in [0.25, 0.3) is 28.5 Å². The third-order valence-corrected chi connectivity index (χ3v) is 6.37. The highest BCUT2D eigenvalue weighted by Gasteiger charge is 2.18. The summed E-state index contributed by atoms with van der Waals surface area (Å²) in [5.41, 5.74) is 5.09. The van der Waals surface area contributed by atoms with Gasteiger partial charge < -0.3 is 4.42 Å². The molecule has 0 aliphatic carbocycles. The lowest BCUT2D eigenvalue weighted by atomic mass is 10.1. The molecule has 0 fully saturated rings. The first-order valence-electron chi connectivity index (χ1n) is 10.4.